The van der Waals surface area contributed by atoms with Gasteiger partial charge in [0.05, 0.1) is 5.56 Å². The van der Waals surface area contributed by atoms with Crippen LogP contribution in [0.5, 0.6) is 0 Å². The van der Waals surface area contributed by atoms with E-state index in [1.54, 1.807) is 6.92 Å². The third-order valence-electron chi connectivity index (χ3n) is 2.61. The summed E-state index contributed by atoms with van der Waals surface area (Å²) in [6, 6.07) is 2.55. The van der Waals surface area contributed by atoms with Gasteiger partial charge in [0.2, 0.25) is 0 Å². The lowest BCUT2D eigenvalue weighted by atomic mass is 10.1. The second-order valence-electron chi connectivity index (χ2n) is 4.60. The van der Waals surface area contributed by atoms with Crippen LogP contribution in [0.2, 0.25) is 0 Å². The number of carboxylic acid groups (broad SMARTS) is 1. The number of aliphatic carboxylic acids is 1. The summed E-state index contributed by atoms with van der Waals surface area (Å²) >= 11 is 0. The van der Waals surface area contributed by atoms with E-state index in [9.17, 15) is 22.8 Å². The van der Waals surface area contributed by atoms with E-state index < -0.39 is 29.7 Å². The van der Waals surface area contributed by atoms with E-state index in [0.29, 0.717) is 11.6 Å². The van der Waals surface area contributed by atoms with Gasteiger partial charge in [0.15, 0.2) is 0 Å². The Morgan fingerprint density at radius 2 is 2.00 bits per heavy atom. The van der Waals surface area contributed by atoms with Crippen molar-refractivity contribution in [2.45, 2.75) is 25.6 Å². The number of carboxylic acids is 1. The summed E-state index contributed by atoms with van der Waals surface area (Å²) in [5, 5.41) is 11.1. The molecule has 0 aliphatic carbocycles. The number of alkyl halides is 3. The molecule has 0 bridgehead atoms. The summed E-state index contributed by atoms with van der Waals surface area (Å²) in [5.41, 5.74) is -0.688. The van der Waals surface area contributed by atoms with Gasteiger partial charge in [-0.15, -0.1) is 6.58 Å². The fourth-order valence-corrected chi connectivity index (χ4v) is 1.63. The number of carbonyl (C=O) groups excluding carboxylic acids is 1. The van der Waals surface area contributed by atoms with Crippen molar-refractivity contribution in [2.75, 3.05) is 0 Å². The van der Waals surface area contributed by atoms with Crippen LogP contribution in [0.15, 0.2) is 36.4 Å². The van der Waals surface area contributed by atoms with Crippen LogP contribution >= 0.6 is 0 Å². The van der Waals surface area contributed by atoms with Crippen molar-refractivity contribution >= 4 is 11.9 Å². The van der Waals surface area contributed by atoms with Crippen molar-refractivity contribution in [1.29, 1.82) is 0 Å². The highest BCUT2D eigenvalue weighted by molar-refractivity contribution is 5.96. The molecule has 1 amide bonds. The number of benzene rings is 1. The molecule has 7 heteroatoms. The number of hydrogen-bond donors (Lipinski definition) is 2. The quantitative estimate of drug-likeness (QED) is 0.822. The largest absolute Gasteiger partial charge is 0.480 e. The molecule has 2 N–H and O–H groups in total. The molecule has 1 atom stereocenters. The lowest BCUT2D eigenvalue weighted by Crippen LogP contribution is -2.40. The first-order chi connectivity index (χ1) is 9.61. The van der Waals surface area contributed by atoms with Gasteiger partial charge in [-0.05, 0) is 31.5 Å². The van der Waals surface area contributed by atoms with E-state index in [2.05, 4.69) is 11.9 Å². The average Bonchev–Trinajstić information content (AvgIpc) is 2.36. The van der Waals surface area contributed by atoms with E-state index in [1.165, 1.54) is 6.07 Å². The third-order valence-corrected chi connectivity index (χ3v) is 2.61. The van der Waals surface area contributed by atoms with Crippen LogP contribution in [0.4, 0.5) is 13.2 Å². The van der Waals surface area contributed by atoms with Gasteiger partial charge in [-0.25, -0.2) is 4.79 Å². The van der Waals surface area contributed by atoms with Crippen LogP contribution < -0.4 is 5.32 Å². The first-order valence-corrected chi connectivity index (χ1v) is 5.96. The van der Waals surface area contributed by atoms with Gasteiger partial charge >= 0.3 is 12.1 Å². The fourth-order valence-electron chi connectivity index (χ4n) is 1.63. The van der Waals surface area contributed by atoms with Crippen LogP contribution in [0, 0.1) is 0 Å². The molecule has 0 aliphatic heterocycles. The smallest absolute Gasteiger partial charge is 0.416 e. The van der Waals surface area contributed by atoms with E-state index in [4.69, 9.17) is 5.11 Å². The second kappa shape index (κ2) is 6.43. The minimum atomic E-state index is -4.57. The number of hydrogen-bond acceptors (Lipinski definition) is 2. The predicted molar refractivity (Wildman–Crippen MR) is 69.8 cm³/mol. The number of carbonyl (C=O) groups is 2. The summed E-state index contributed by atoms with van der Waals surface area (Å²) < 4.78 is 37.7. The van der Waals surface area contributed by atoms with Crippen molar-refractivity contribution in [2.24, 2.45) is 0 Å². The molecule has 0 aliphatic rings. The van der Waals surface area contributed by atoms with Crippen LogP contribution in [0.25, 0.3) is 0 Å². The van der Waals surface area contributed by atoms with Crippen LogP contribution in [-0.4, -0.2) is 23.0 Å². The second-order valence-corrected chi connectivity index (χ2v) is 4.60. The van der Waals surface area contributed by atoms with Crippen molar-refractivity contribution in [1.82, 2.24) is 5.32 Å². The van der Waals surface area contributed by atoms with Crippen molar-refractivity contribution < 1.29 is 27.9 Å². The van der Waals surface area contributed by atoms with Gasteiger partial charge in [0, 0.05) is 5.56 Å². The summed E-state index contributed by atoms with van der Waals surface area (Å²) in [4.78, 5) is 22.8. The van der Waals surface area contributed by atoms with E-state index in [-0.39, 0.29) is 12.0 Å². The molecule has 0 saturated heterocycles. The van der Waals surface area contributed by atoms with Gasteiger partial charge < -0.3 is 10.4 Å². The molecule has 0 aromatic heterocycles. The fraction of sp³-hybridized carbons (Fsp3) is 0.286. The predicted octanol–water partition coefficient (Wildman–Crippen LogP) is 2.85. The topological polar surface area (TPSA) is 66.4 Å². The highest BCUT2D eigenvalue weighted by atomic mass is 19.4. The number of halogens is 3. The molecule has 0 fully saturated rings. The normalized spacial score (nSPS) is 12.6. The van der Waals surface area contributed by atoms with Crippen molar-refractivity contribution in [3.8, 4) is 0 Å². The maximum atomic E-state index is 12.6. The van der Waals surface area contributed by atoms with Gasteiger partial charge in [0.1, 0.15) is 6.04 Å². The molecule has 114 valence electrons. The zero-order valence-electron chi connectivity index (χ0n) is 11.2. The molecule has 0 spiro atoms. The minimum absolute atomic E-state index is 0.0000346. The molecular formula is C14H14F3NO3. The van der Waals surface area contributed by atoms with Gasteiger partial charge in [0.25, 0.3) is 5.91 Å². The van der Waals surface area contributed by atoms with Gasteiger partial charge in [-0.3, -0.25) is 4.79 Å². The monoisotopic (exact) mass is 301 g/mol. The zero-order valence-corrected chi connectivity index (χ0v) is 11.2. The SMILES string of the molecule is C=C(C)C[C@H](NC(=O)c1cccc(C(F)(F)F)c1)C(=O)O. The molecule has 0 unspecified atom stereocenters. The Balaban J connectivity index is 2.93. The average molecular weight is 301 g/mol. The summed E-state index contributed by atoms with van der Waals surface area (Å²) in [6.45, 7) is 5.13. The Bertz CT molecular complexity index is 567. The maximum Gasteiger partial charge on any atom is 0.416 e. The standard InChI is InChI=1S/C14H14F3NO3/c1-8(2)6-11(13(20)21)18-12(19)9-4-3-5-10(7-9)14(15,16)17/h3-5,7,11H,1,6H2,2H3,(H,18,19)(H,20,21)/t11-/m0/s1. The number of nitrogens with one attached hydrogen (secondary N) is 1. The Morgan fingerprint density at radius 3 is 2.48 bits per heavy atom. The lowest BCUT2D eigenvalue weighted by molar-refractivity contribution is -0.139. The number of amides is 1. The van der Waals surface area contributed by atoms with Crippen LogP contribution in [0.3, 0.4) is 0 Å². The molecule has 0 radical (unpaired) electrons. The van der Waals surface area contributed by atoms with Crippen LogP contribution in [-0.2, 0) is 11.0 Å². The van der Waals surface area contributed by atoms with Crippen molar-refractivity contribution in [3.05, 3.63) is 47.5 Å². The molecule has 4 nitrogen and oxygen atoms in total. The Labute approximate surface area is 119 Å². The highest BCUT2D eigenvalue weighted by Gasteiger charge is 2.31. The van der Waals surface area contributed by atoms with Gasteiger partial charge in [-0.1, -0.05) is 11.6 Å². The lowest BCUT2D eigenvalue weighted by Gasteiger charge is -2.15. The summed E-state index contributed by atoms with van der Waals surface area (Å²) in [7, 11) is 0. The molecule has 0 saturated carbocycles. The van der Waals surface area contributed by atoms with Crippen LogP contribution in [0.1, 0.15) is 29.3 Å². The Hall–Kier alpha value is -2.31. The van der Waals surface area contributed by atoms with E-state index in [1.807, 2.05) is 0 Å². The van der Waals surface area contributed by atoms with Gasteiger partial charge in [-0.2, -0.15) is 13.2 Å². The van der Waals surface area contributed by atoms with E-state index >= 15 is 0 Å². The van der Waals surface area contributed by atoms with Crippen molar-refractivity contribution in [3.63, 3.8) is 0 Å². The molecule has 1 aromatic carbocycles. The summed E-state index contributed by atoms with van der Waals surface area (Å²) in [5.74, 6) is -2.16. The summed E-state index contributed by atoms with van der Waals surface area (Å²) in [6.07, 6.45) is -4.57. The molecule has 1 rings (SSSR count). The first-order valence-electron chi connectivity index (χ1n) is 5.96. The molecular weight excluding hydrogens is 287 g/mol. The zero-order chi connectivity index (χ0) is 16.2. The first kappa shape index (κ1) is 16.7. The molecule has 1 aromatic rings. The highest BCUT2D eigenvalue weighted by Crippen LogP contribution is 2.29. The third kappa shape index (κ3) is 4.94. The minimum Gasteiger partial charge on any atom is -0.480 e. The maximum absolute atomic E-state index is 12.6. The molecule has 21 heavy (non-hydrogen) atoms. The number of rotatable bonds is 5. The Kier molecular flexibility index (Phi) is 5.12. The van der Waals surface area contributed by atoms with E-state index in [0.717, 1.165) is 12.1 Å². The molecule has 0 heterocycles. The Morgan fingerprint density at radius 1 is 1.38 bits per heavy atom.